The molecule has 4 nitrogen and oxygen atoms in total. The molecule has 2 N–H and O–H groups in total. The van der Waals surface area contributed by atoms with Crippen molar-refractivity contribution in [2.45, 2.75) is 31.3 Å². The molecule has 0 saturated carbocycles. The van der Waals surface area contributed by atoms with Crippen molar-refractivity contribution in [3.8, 4) is 5.88 Å². The van der Waals surface area contributed by atoms with E-state index in [1.165, 1.54) is 11.8 Å². The van der Waals surface area contributed by atoms with Crippen LogP contribution in [0.1, 0.15) is 31.7 Å². The van der Waals surface area contributed by atoms with Crippen LogP contribution in [-0.2, 0) is 0 Å². The minimum atomic E-state index is -0.256. The summed E-state index contributed by atoms with van der Waals surface area (Å²) in [5, 5.41) is 10.1. The zero-order chi connectivity index (χ0) is 12.1. The van der Waals surface area contributed by atoms with Crippen molar-refractivity contribution in [3.05, 3.63) is 28.6 Å². The highest BCUT2D eigenvalue weighted by molar-refractivity contribution is 7.99. The van der Waals surface area contributed by atoms with E-state index in [1.54, 1.807) is 6.08 Å². The average Bonchev–Trinajstić information content (AvgIpc) is 2.25. The Morgan fingerprint density at radius 2 is 2.38 bits per heavy atom. The molecule has 1 aromatic heterocycles. The van der Waals surface area contributed by atoms with Gasteiger partial charge in [-0.25, -0.2) is 0 Å². The van der Waals surface area contributed by atoms with Crippen molar-refractivity contribution in [1.82, 2.24) is 9.97 Å². The van der Waals surface area contributed by atoms with Crippen LogP contribution in [0.4, 0.5) is 0 Å². The second-order valence-electron chi connectivity index (χ2n) is 3.52. The van der Waals surface area contributed by atoms with E-state index in [4.69, 9.17) is 0 Å². The number of hydrogen-bond acceptors (Lipinski definition) is 4. The molecule has 1 atom stereocenters. The minimum absolute atomic E-state index is 0.00899. The Kier molecular flexibility index (Phi) is 4.61. The third-order valence-corrected chi connectivity index (χ3v) is 3.23. The van der Waals surface area contributed by atoms with Gasteiger partial charge >= 0.3 is 0 Å². The van der Waals surface area contributed by atoms with Gasteiger partial charge in [0, 0.05) is 5.75 Å². The summed E-state index contributed by atoms with van der Waals surface area (Å²) >= 11 is 1.33. The molecule has 0 aromatic carbocycles. The molecule has 0 unspecified atom stereocenters. The van der Waals surface area contributed by atoms with Crippen LogP contribution in [-0.4, -0.2) is 20.8 Å². The van der Waals surface area contributed by atoms with Crippen LogP contribution >= 0.6 is 11.8 Å². The Morgan fingerprint density at radius 1 is 1.69 bits per heavy atom. The smallest absolute Gasteiger partial charge is 0.258 e. The summed E-state index contributed by atoms with van der Waals surface area (Å²) in [6.45, 7) is 7.43. The first-order valence-corrected chi connectivity index (χ1v) is 6.15. The van der Waals surface area contributed by atoms with Crippen LogP contribution in [0.2, 0.25) is 0 Å². The number of nitrogens with one attached hydrogen (secondary N) is 1. The molecule has 0 saturated heterocycles. The van der Waals surface area contributed by atoms with E-state index in [1.807, 2.05) is 13.8 Å². The molecule has 0 fully saturated rings. The van der Waals surface area contributed by atoms with Crippen molar-refractivity contribution in [3.63, 3.8) is 0 Å². The Balaban J connectivity index is 3.07. The number of aromatic hydroxyl groups is 1. The van der Waals surface area contributed by atoms with E-state index in [0.29, 0.717) is 16.5 Å². The first kappa shape index (κ1) is 12.8. The zero-order valence-corrected chi connectivity index (χ0v) is 10.3. The van der Waals surface area contributed by atoms with Gasteiger partial charge in [0.25, 0.3) is 5.56 Å². The number of aromatic amines is 1. The summed E-state index contributed by atoms with van der Waals surface area (Å²) in [6.07, 6.45) is 2.50. The zero-order valence-electron chi connectivity index (χ0n) is 9.49. The lowest BCUT2D eigenvalue weighted by Crippen LogP contribution is -2.17. The van der Waals surface area contributed by atoms with Gasteiger partial charge in [-0.05, 0) is 12.3 Å². The first-order chi connectivity index (χ1) is 7.60. The number of H-pyrrole nitrogens is 1. The molecule has 0 aliphatic heterocycles. The molecule has 16 heavy (non-hydrogen) atoms. The Bertz CT molecular complexity index is 428. The van der Waals surface area contributed by atoms with Gasteiger partial charge in [-0.1, -0.05) is 31.7 Å². The molecule has 0 aliphatic carbocycles. The van der Waals surface area contributed by atoms with Crippen molar-refractivity contribution in [2.75, 3.05) is 5.75 Å². The predicted molar refractivity (Wildman–Crippen MR) is 66.1 cm³/mol. The van der Waals surface area contributed by atoms with E-state index >= 15 is 0 Å². The van der Waals surface area contributed by atoms with Gasteiger partial charge in [-0.2, -0.15) is 4.98 Å². The lowest BCUT2D eigenvalue weighted by molar-refractivity contribution is 0.429. The quantitative estimate of drug-likeness (QED) is 0.471. The fraction of sp³-hybridized carbons (Fsp3) is 0.455. The van der Waals surface area contributed by atoms with Gasteiger partial charge in [-0.3, -0.25) is 4.79 Å². The fourth-order valence-corrected chi connectivity index (χ4v) is 1.90. The second kappa shape index (κ2) is 5.75. The number of rotatable bonds is 5. The Morgan fingerprint density at radius 3 is 2.88 bits per heavy atom. The molecule has 0 spiro atoms. The van der Waals surface area contributed by atoms with E-state index < -0.39 is 0 Å². The van der Waals surface area contributed by atoms with E-state index in [0.717, 1.165) is 6.42 Å². The third-order valence-electron chi connectivity index (χ3n) is 2.36. The minimum Gasteiger partial charge on any atom is -0.493 e. The SMILES string of the molecule is C=CCSc1nc(O)c([C@@H](C)CC)c(=O)[nH]1. The summed E-state index contributed by atoms with van der Waals surface area (Å²) in [7, 11) is 0. The van der Waals surface area contributed by atoms with Crippen LogP contribution in [0.3, 0.4) is 0 Å². The lowest BCUT2D eigenvalue weighted by Gasteiger charge is -2.09. The van der Waals surface area contributed by atoms with Gasteiger partial charge < -0.3 is 10.1 Å². The van der Waals surface area contributed by atoms with Gasteiger partial charge in [0.15, 0.2) is 5.16 Å². The van der Waals surface area contributed by atoms with Crippen molar-refractivity contribution < 1.29 is 5.11 Å². The molecule has 5 heteroatoms. The molecule has 88 valence electrons. The maximum absolute atomic E-state index is 11.7. The van der Waals surface area contributed by atoms with Crippen LogP contribution < -0.4 is 5.56 Å². The highest BCUT2D eigenvalue weighted by Gasteiger charge is 2.15. The Labute approximate surface area is 98.8 Å². The summed E-state index contributed by atoms with van der Waals surface area (Å²) in [5.41, 5.74) is 0.110. The summed E-state index contributed by atoms with van der Waals surface area (Å²) in [4.78, 5) is 18.3. The summed E-state index contributed by atoms with van der Waals surface area (Å²) < 4.78 is 0. The van der Waals surface area contributed by atoms with Gasteiger partial charge in [-0.15, -0.1) is 6.58 Å². The number of thioether (sulfide) groups is 1. The molecule has 0 aliphatic rings. The maximum Gasteiger partial charge on any atom is 0.258 e. The summed E-state index contributed by atoms with van der Waals surface area (Å²) in [5.74, 6) is 0.491. The predicted octanol–water partition coefficient (Wildman–Crippen LogP) is 2.27. The standard InChI is InChI=1S/C11H16N2O2S/c1-4-6-16-11-12-9(14)8(7(3)5-2)10(15)13-11/h4,7H,1,5-6H2,2-3H3,(H2,12,13,14,15)/t7-/m0/s1. The first-order valence-electron chi connectivity index (χ1n) is 5.17. The monoisotopic (exact) mass is 240 g/mol. The molecule has 0 radical (unpaired) electrons. The highest BCUT2D eigenvalue weighted by Crippen LogP contribution is 2.24. The maximum atomic E-state index is 11.7. The van der Waals surface area contributed by atoms with E-state index in [-0.39, 0.29) is 17.4 Å². The van der Waals surface area contributed by atoms with Crippen LogP contribution in [0.25, 0.3) is 0 Å². The van der Waals surface area contributed by atoms with Gasteiger partial charge in [0.1, 0.15) is 0 Å². The molecule has 1 rings (SSSR count). The van der Waals surface area contributed by atoms with E-state index in [2.05, 4.69) is 16.5 Å². The van der Waals surface area contributed by atoms with Gasteiger partial charge in [0.2, 0.25) is 5.88 Å². The average molecular weight is 240 g/mol. The van der Waals surface area contributed by atoms with Crippen molar-refractivity contribution in [2.24, 2.45) is 0 Å². The normalized spacial score (nSPS) is 12.4. The van der Waals surface area contributed by atoms with Crippen molar-refractivity contribution in [1.29, 1.82) is 0 Å². The van der Waals surface area contributed by atoms with Gasteiger partial charge in [0.05, 0.1) is 5.56 Å². The molecule has 0 bridgehead atoms. The molecule has 1 aromatic rings. The largest absolute Gasteiger partial charge is 0.493 e. The Hall–Kier alpha value is -1.23. The topological polar surface area (TPSA) is 66.0 Å². The molecular formula is C11H16N2O2S. The lowest BCUT2D eigenvalue weighted by atomic mass is 10.0. The fourth-order valence-electron chi connectivity index (χ4n) is 1.30. The van der Waals surface area contributed by atoms with Crippen LogP contribution in [0, 0.1) is 0 Å². The van der Waals surface area contributed by atoms with E-state index in [9.17, 15) is 9.90 Å². The molecule has 1 heterocycles. The second-order valence-corrected chi connectivity index (χ2v) is 4.53. The number of aromatic nitrogens is 2. The number of nitrogens with zero attached hydrogens (tertiary/aromatic N) is 1. The number of hydrogen-bond donors (Lipinski definition) is 2. The van der Waals surface area contributed by atoms with Crippen LogP contribution in [0.5, 0.6) is 5.88 Å². The summed E-state index contributed by atoms with van der Waals surface area (Å²) in [6, 6.07) is 0. The molecule has 0 amide bonds. The van der Waals surface area contributed by atoms with Crippen molar-refractivity contribution >= 4 is 11.8 Å². The third kappa shape index (κ3) is 2.88. The highest BCUT2D eigenvalue weighted by atomic mass is 32.2. The van der Waals surface area contributed by atoms with Crippen LogP contribution in [0.15, 0.2) is 22.6 Å². The molecular weight excluding hydrogens is 224 g/mol.